The van der Waals surface area contributed by atoms with Crippen molar-refractivity contribution in [2.75, 3.05) is 0 Å². The standard InChI is InChI=1S/C44H28O/c1-4-14-29(15-5-1)33-25-26-34(30-16-6-2-7-17-30)44-43(33)39-28-32(24-27-40(39)45-44)42-37-22-12-10-20-35(37)41(31-18-8-3-9-19-31)36-21-11-13-23-38(36)42/h1-28H. The molecular weight excluding hydrogens is 544 g/mol. The zero-order chi connectivity index (χ0) is 29.7. The zero-order valence-electron chi connectivity index (χ0n) is 24.6. The van der Waals surface area contributed by atoms with Crippen molar-refractivity contribution in [2.45, 2.75) is 0 Å². The van der Waals surface area contributed by atoms with Crippen molar-refractivity contribution in [3.63, 3.8) is 0 Å². The number of hydrogen-bond acceptors (Lipinski definition) is 1. The van der Waals surface area contributed by atoms with E-state index in [1.807, 2.05) is 0 Å². The summed E-state index contributed by atoms with van der Waals surface area (Å²) < 4.78 is 6.74. The lowest BCUT2D eigenvalue weighted by atomic mass is 9.85. The van der Waals surface area contributed by atoms with Crippen molar-refractivity contribution < 1.29 is 4.42 Å². The molecule has 210 valence electrons. The second-order valence-corrected chi connectivity index (χ2v) is 11.6. The maximum atomic E-state index is 6.74. The van der Waals surface area contributed by atoms with E-state index in [0.29, 0.717) is 0 Å². The van der Waals surface area contributed by atoms with Gasteiger partial charge in [-0.05, 0) is 78.7 Å². The minimum Gasteiger partial charge on any atom is -0.455 e. The number of furan rings is 1. The lowest BCUT2D eigenvalue weighted by Crippen LogP contribution is -1.90. The SMILES string of the molecule is c1ccc(-c2c3ccccc3c(-c3ccc4oc5c(-c6ccccc6)ccc(-c6ccccc6)c5c4c3)c3ccccc23)cc1. The molecule has 0 aliphatic carbocycles. The minimum atomic E-state index is 0.892. The van der Waals surface area contributed by atoms with E-state index in [-0.39, 0.29) is 0 Å². The number of hydrogen-bond donors (Lipinski definition) is 0. The minimum absolute atomic E-state index is 0.892. The molecule has 0 saturated heterocycles. The maximum Gasteiger partial charge on any atom is 0.143 e. The molecule has 1 heterocycles. The zero-order valence-corrected chi connectivity index (χ0v) is 24.6. The Kier molecular flexibility index (Phi) is 5.89. The average Bonchev–Trinajstić information content (AvgIpc) is 3.50. The smallest absolute Gasteiger partial charge is 0.143 e. The van der Waals surface area contributed by atoms with Crippen LogP contribution in [0.4, 0.5) is 0 Å². The fraction of sp³-hybridized carbons (Fsp3) is 0. The van der Waals surface area contributed by atoms with E-state index in [0.717, 1.165) is 33.1 Å². The quantitative estimate of drug-likeness (QED) is 0.191. The van der Waals surface area contributed by atoms with Gasteiger partial charge >= 0.3 is 0 Å². The second kappa shape index (κ2) is 10.4. The molecular formula is C44H28O. The van der Waals surface area contributed by atoms with Gasteiger partial charge in [0.15, 0.2) is 0 Å². The van der Waals surface area contributed by atoms with Crippen LogP contribution in [-0.2, 0) is 0 Å². The molecule has 45 heavy (non-hydrogen) atoms. The van der Waals surface area contributed by atoms with Crippen LogP contribution in [0.5, 0.6) is 0 Å². The summed E-state index contributed by atoms with van der Waals surface area (Å²) >= 11 is 0. The van der Waals surface area contributed by atoms with Crippen LogP contribution in [0.25, 0.3) is 88.0 Å². The summed E-state index contributed by atoms with van der Waals surface area (Å²) in [7, 11) is 0. The number of benzene rings is 8. The van der Waals surface area contributed by atoms with Crippen LogP contribution >= 0.6 is 0 Å². The fourth-order valence-corrected chi connectivity index (χ4v) is 7.09. The van der Waals surface area contributed by atoms with Gasteiger partial charge in [-0.25, -0.2) is 0 Å². The van der Waals surface area contributed by atoms with Crippen molar-refractivity contribution in [3.05, 3.63) is 170 Å². The lowest BCUT2D eigenvalue weighted by Gasteiger charge is -2.17. The highest BCUT2D eigenvalue weighted by Gasteiger charge is 2.20. The molecule has 9 aromatic rings. The van der Waals surface area contributed by atoms with Crippen molar-refractivity contribution in [1.82, 2.24) is 0 Å². The van der Waals surface area contributed by atoms with Crippen LogP contribution in [0.2, 0.25) is 0 Å². The first-order valence-electron chi connectivity index (χ1n) is 15.4. The first kappa shape index (κ1) is 25.6. The molecule has 1 nitrogen and oxygen atoms in total. The normalized spacial score (nSPS) is 11.6. The fourth-order valence-electron chi connectivity index (χ4n) is 7.09. The van der Waals surface area contributed by atoms with Crippen molar-refractivity contribution >= 4 is 43.5 Å². The van der Waals surface area contributed by atoms with Gasteiger partial charge < -0.3 is 4.42 Å². The first-order chi connectivity index (χ1) is 22.3. The van der Waals surface area contributed by atoms with E-state index in [9.17, 15) is 0 Å². The highest BCUT2D eigenvalue weighted by atomic mass is 16.3. The molecule has 1 aromatic heterocycles. The van der Waals surface area contributed by atoms with Crippen LogP contribution in [0, 0.1) is 0 Å². The highest BCUT2D eigenvalue weighted by molar-refractivity contribution is 6.23. The molecule has 0 aliphatic heterocycles. The molecule has 0 atom stereocenters. The van der Waals surface area contributed by atoms with Gasteiger partial charge in [0.25, 0.3) is 0 Å². The Bertz CT molecular complexity index is 2450. The molecule has 0 N–H and O–H groups in total. The molecule has 0 unspecified atom stereocenters. The maximum absolute atomic E-state index is 6.74. The third-order valence-electron chi connectivity index (χ3n) is 9.07. The number of fused-ring (bicyclic) bond motifs is 5. The van der Waals surface area contributed by atoms with Crippen LogP contribution in [0.15, 0.2) is 174 Å². The number of rotatable bonds is 4. The molecule has 9 rings (SSSR count). The summed E-state index contributed by atoms with van der Waals surface area (Å²) in [6, 6.07) is 60.8. The van der Waals surface area contributed by atoms with Gasteiger partial charge in [0, 0.05) is 16.3 Å². The Morgan fingerprint density at radius 2 is 0.756 bits per heavy atom. The third kappa shape index (κ3) is 4.09. The van der Waals surface area contributed by atoms with Crippen molar-refractivity contribution in [3.8, 4) is 44.5 Å². The van der Waals surface area contributed by atoms with Crippen molar-refractivity contribution in [1.29, 1.82) is 0 Å². The van der Waals surface area contributed by atoms with Crippen LogP contribution in [0.3, 0.4) is 0 Å². The molecule has 1 heteroatoms. The topological polar surface area (TPSA) is 13.1 Å². The van der Waals surface area contributed by atoms with E-state index < -0.39 is 0 Å². The van der Waals surface area contributed by atoms with Gasteiger partial charge in [0.2, 0.25) is 0 Å². The molecule has 0 bridgehead atoms. The van der Waals surface area contributed by atoms with Gasteiger partial charge in [-0.1, -0.05) is 152 Å². The lowest BCUT2D eigenvalue weighted by molar-refractivity contribution is 0.670. The van der Waals surface area contributed by atoms with E-state index in [1.165, 1.54) is 54.9 Å². The third-order valence-corrected chi connectivity index (χ3v) is 9.07. The summed E-state index contributed by atoms with van der Waals surface area (Å²) in [6.45, 7) is 0. The van der Waals surface area contributed by atoms with E-state index in [4.69, 9.17) is 4.42 Å². The molecule has 0 saturated carbocycles. The summed E-state index contributed by atoms with van der Waals surface area (Å²) in [4.78, 5) is 0. The molecule has 0 spiro atoms. The molecule has 0 radical (unpaired) electrons. The van der Waals surface area contributed by atoms with E-state index in [1.54, 1.807) is 0 Å². The van der Waals surface area contributed by atoms with Gasteiger partial charge in [-0.3, -0.25) is 0 Å². The largest absolute Gasteiger partial charge is 0.455 e. The molecule has 0 amide bonds. The Balaban J connectivity index is 1.38. The Morgan fingerprint density at radius 3 is 1.31 bits per heavy atom. The second-order valence-electron chi connectivity index (χ2n) is 11.6. The van der Waals surface area contributed by atoms with Gasteiger partial charge in [-0.15, -0.1) is 0 Å². The van der Waals surface area contributed by atoms with Crippen LogP contribution in [0.1, 0.15) is 0 Å². The van der Waals surface area contributed by atoms with Crippen LogP contribution < -0.4 is 0 Å². The van der Waals surface area contributed by atoms with Crippen molar-refractivity contribution in [2.24, 2.45) is 0 Å². The predicted molar refractivity (Wildman–Crippen MR) is 190 cm³/mol. The Morgan fingerprint density at radius 1 is 0.311 bits per heavy atom. The van der Waals surface area contributed by atoms with Crippen LogP contribution in [-0.4, -0.2) is 0 Å². The van der Waals surface area contributed by atoms with Gasteiger partial charge in [-0.2, -0.15) is 0 Å². The molecule has 0 aliphatic rings. The highest BCUT2D eigenvalue weighted by Crippen LogP contribution is 2.46. The summed E-state index contributed by atoms with van der Waals surface area (Å²) in [6.07, 6.45) is 0. The van der Waals surface area contributed by atoms with E-state index in [2.05, 4.69) is 170 Å². The first-order valence-corrected chi connectivity index (χ1v) is 15.4. The van der Waals surface area contributed by atoms with Gasteiger partial charge in [0.05, 0.1) is 0 Å². The van der Waals surface area contributed by atoms with E-state index >= 15 is 0 Å². The molecule has 8 aromatic carbocycles. The summed E-state index contributed by atoms with van der Waals surface area (Å²) in [5, 5.41) is 7.27. The monoisotopic (exact) mass is 572 g/mol. The average molecular weight is 573 g/mol. The Hall–Kier alpha value is -5.92. The predicted octanol–water partition coefficient (Wildman–Crippen LogP) is 12.6. The summed E-state index contributed by atoms with van der Waals surface area (Å²) in [5.74, 6) is 0. The summed E-state index contributed by atoms with van der Waals surface area (Å²) in [5.41, 5.74) is 11.4. The Labute approximate surface area is 261 Å². The van der Waals surface area contributed by atoms with Gasteiger partial charge in [0.1, 0.15) is 11.2 Å². The molecule has 0 fully saturated rings.